The van der Waals surface area contributed by atoms with E-state index in [2.05, 4.69) is 20.9 Å². The molecule has 0 bridgehead atoms. The molecule has 1 aromatic heterocycles. The van der Waals surface area contributed by atoms with Crippen molar-refractivity contribution >= 4 is 28.5 Å². The Bertz CT molecular complexity index is 267. The van der Waals surface area contributed by atoms with Crippen LogP contribution in [0.3, 0.4) is 0 Å². The Morgan fingerprint density at radius 2 is 2.09 bits per heavy atom. The van der Waals surface area contributed by atoms with E-state index >= 15 is 0 Å². The number of nitrogens with zero attached hydrogens (tertiary/aromatic N) is 1. The lowest BCUT2D eigenvalue weighted by Gasteiger charge is -2.03. The lowest BCUT2D eigenvalue weighted by molar-refractivity contribution is 0.425. The number of hydrogen-bond acceptors (Lipinski definition) is 3. The highest BCUT2D eigenvalue weighted by molar-refractivity contribution is 9.10. The summed E-state index contributed by atoms with van der Waals surface area (Å²) in [7, 11) is -1.46. The highest BCUT2D eigenvalue weighted by atomic mass is 79.9. The summed E-state index contributed by atoms with van der Waals surface area (Å²) in [4.78, 5) is 3.82. The van der Waals surface area contributed by atoms with Crippen LogP contribution in [-0.2, 0) is 0 Å². The van der Waals surface area contributed by atoms with Gasteiger partial charge in [-0.25, -0.2) is 0 Å². The van der Waals surface area contributed by atoms with E-state index in [1.165, 1.54) is 6.20 Å². The van der Waals surface area contributed by atoms with Crippen LogP contribution in [-0.4, -0.2) is 22.2 Å². The molecule has 0 aromatic carbocycles. The van der Waals surface area contributed by atoms with Gasteiger partial charge in [-0.15, -0.1) is 0 Å². The average Bonchev–Trinajstić information content (AvgIpc) is 1.94. The number of pyridine rings is 1. The van der Waals surface area contributed by atoms with E-state index in [0.717, 1.165) is 5.56 Å². The molecule has 3 nitrogen and oxygen atoms in total. The Balaban J connectivity index is 3.17. The molecule has 0 saturated heterocycles. The van der Waals surface area contributed by atoms with Crippen molar-refractivity contribution in [1.82, 2.24) is 4.98 Å². The molecule has 1 aromatic rings. The summed E-state index contributed by atoms with van der Waals surface area (Å²) >= 11 is 3.22. The fourth-order valence-electron chi connectivity index (χ4n) is 0.750. The van der Waals surface area contributed by atoms with Gasteiger partial charge in [0.05, 0.1) is 0 Å². The van der Waals surface area contributed by atoms with Crippen molar-refractivity contribution < 1.29 is 10.0 Å². The average molecular weight is 216 g/mol. The maximum Gasteiger partial charge on any atom is 0.491 e. The standard InChI is InChI=1S/C6H7BBrNO2/c1-4-2-9-3-5(6(4)8)7(10)11/h2-3,10-11H,1H3. The fourth-order valence-corrected chi connectivity index (χ4v) is 1.16. The van der Waals surface area contributed by atoms with Gasteiger partial charge in [-0.3, -0.25) is 4.98 Å². The number of halogens is 1. The van der Waals surface area contributed by atoms with Crippen molar-refractivity contribution in [2.45, 2.75) is 6.92 Å². The third-order valence-corrected chi connectivity index (χ3v) is 2.44. The summed E-state index contributed by atoms with van der Waals surface area (Å²) in [5, 5.41) is 17.6. The molecule has 0 atom stereocenters. The van der Waals surface area contributed by atoms with Gasteiger partial charge in [0.15, 0.2) is 0 Å². The minimum absolute atomic E-state index is 0.394. The van der Waals surface area contributed by atoms with Gasteiger partial charge in [-0.2, -0.15) is 0 Å². The van der Waals surface area contributed by atoms with Crippen molar-refractivity contribution in [2.24, 2.45) is 0 Å². The van der Waals surface area contributed by atoms with Gasteiger partial charge in [-0.05, 0) is 12.5 Å². The molecule has 0 saturated carbocycles. The molecule has 0 radical (unpaired) electrons. The van der Waals surface area contributed by atoms with Gasteiger partial charge in [-0.1, -0.05) is 15.9 Å². The zero-order valence-electron chi connectivity index (χ0n) is 5.95. The number of aromatic nitrogens is 1. The molecule has 0 aliphatic carbocycles. The molecular weight excluding hydrogens is 209 g/mol. The Hall–Kier alpha value is -0.385. The van der Waals surface area contributed by atoms with Crippen LogP contribution in [0.1, 0.15) is 5.56 Å². The van der Waals surface area contributed by atoms with Gasteiger partial charge >= 0.3 is 7.12 Å². The predicted molar refractivity (Wildman–Crippen MR) is 46.5 cm³/mol. The van der Waals surface area contributed by atoms with E-state index in [1.54, 1.807) is 6.20 Å². The second-order valence-electron chi connectivity index (χ2n) is 2.23. The Kier molecular flexibility index (Phi) is 2.65. The van der Waals surface area contributed by atoms with Crippen LogP contribution in [0, 0.1) is 6.92 Å². The van der Waals surface area contributed by atoms with Gasteiger partial charge in [0.25, 0.3) is 0 Å². The van der Waals surface area contributed by atoms with Crippen LogP contribution >= 0.6 is 15.9 Å². The van der Waals surface area contributed by atoms with Crippen LogP contribution in [0.5, 0.6) is 0 Å². The summed E-state index contributed by atoms with van der Waals surface area (Å²) in [6.07, 6.45) is 3.07. The molecule has 1 rings (SSSR count). The van der Waals surface area contributed by atoms with E-state index in [4.69, 9.17) is 10.0 Å². The SMILES string of the molecule is Cc1cncc(B(O)O)c1Br. The molecule has 0 aliphatic heterocycles. The second kappa shape index (κ2) is 3.34. The minimum atomic E-state index is -1.46. The lowest BCUT2D eigenvalue weighted by Crippen LogP contribution is -2.31. The van der Waals surface area contributed by atoms with Gasteiger partial charge in [0.2, 0.25) is 0 Å². The van der Waals surface area contributed by atoms with Crippen molar-refractivity contribution in [1.29, 1.82) is 0 Å². The molecule has 0 aliphatic rings. The first-order valence-corrected chi connectivity index (χ1v) is 3.88. The summed E-state index contributed by atoms with van der Waals surface area (Å²) < 4.78 is 0.697. The second-order valence-corrected chi connectivity index (χ2v) is 3.03. The molecule has 1 heterocycles. The molecule has 0 spiro atoms. The van der Waals surface area contributed by atoms with Crippen LogP contribution in [0.15, 0.2) is 16.9 Å². The van der Waals surface area contributed by atoms with E-state index < -0.39 is 7.12 Å². The first-order valence-electron chi connectivity index (χ1n) is 3.09. The first-order chi connectivity index (χ1) is 5.13. The van der Waals surface area contributed by atoms with Gasteiger partial charge in [0, 0.05) is 22.3 Å². The Morgan fingerprint density at radius 3 is 2.55 bits per heavy atom. The maximum atomic E-state index is 8.81. The zero-order chi connectivity index (χ0) is 8.43. The van der Waals surface area contributed by atoms with Crippen molar-refractivity contribution in [3.8, 4) is 0 Å². The summed E-state index contributed by atoms with van der Waals surface area (Å²) in [5.41, 5.74) is 1.28. The summed E-state index contributed by atoms with van der Waals surface area (Å²) in [5.74, 6) is 0. The monoisotopic (exact) mass is 215 g/mol. The molecule has 0 fully saturated rings. The predicted octanol–water partition coefficient (Wildman–Crippen LogP) is -0.168. The van der Waals surface area contributed by atoms with E-state index in [0.29, 0.717) is 9.94 Å². The highest BCUT2D eigenvalue weighted by Gasteiger charge is 2.15. The van der Waals surface area contributed by atoms with E-state index in [-0.39, 0.29) is 0 Å². The van der Waals surface area contributed by atoms with Crippen molar-refractivity contribution in [2.75, 3.05) is 0 Å². The van der Waals surface area contributed by atoms with Crippen LogP contribution < -0.4 is 5.46 Å². The zero-order valence-corrected chi connectivity index (χ0v) is 7.54. The maximum absolute atomic E-state index is 8.81. The number of hydrogen-bond donors (Lipinski definition) is 2. The third-order valence-electron chi connectivity index (χ3n) is 1.36. The molecule has 2 N–H and O–H groups in total. The summed E-state index contributed by atoms with van der Waals surface area (Å²) in [6.45, 7) is 1.84. The molecule has 5 heteroatoms. The van der Waals surface area contributed by atoms with Crippen LogP contribution in [0.2, 0.25) is 0 Å². The van der Waals surface area contributed by atoms with E-state index in [1.807, 2.05) is 6.92 Å². The quantitative estimate of drug-likeness (QED) is 0.640. The Labute approximate surface area is 73.4 Å². The molecule has 0 unspecified atom stereocenters. The van der Waals surface area contributed by atoms with Crippen molar-refractivity contribution in [3.05, 3.63) is 22.4 Å². The number of aryl methyl sites for hydroxylation is 1. The van der Waals surface area contributed by atoms with Crippen LogP contribution in [0.4, 0.5) is 0 Å². The molecular formula is C6H7BBrNO2. The normalized spacial score (nSPS) is 9.82. The molecule has 11 heavy (non-hydrogen) atoms. The number of rotatable bonds is 1. The van der Waals surface area contributed by atoms with Crippen molar-refractivity contribution in [3.63, 3.8) is 0 Å². The minimum Gasteiger partial charge on any atom is -0.423 e. The summed E-state index contributed by atoms with van der Waals surface area (Å²) in [6, 6.07) is 0. The highest BCUT2D eigenvalue weighted by Crippen LogP contribution is 2.10. The lowest BCUT2D eigenvalue weighted by atomic mass is 9.81. The van der Waals surface area contributed by atoms with Gasteiger partial charge in [0.1, 0.15) is 0 Å². The smallest absolute Gasteiger partial charge is 0.423 e. The topological polar surface area (TPSA) is 53.4 Å². The van der Waals surface area contributed by atoms with Gasteiger partial charge < -0.3 is 10.0 Å². The fraction of sp³-hybridized carbons (Fsp3) is 0.167. The first kappa shape index (κ1) is 8.71. The third kappa shape index (κ3) is 1.80. The Morgan fingerprint density at radius 1 is 1.45 bits per heavy atom. The largest absolute Gasteiger partial charge is 0.491 e. The molecule has 58 valence electrons. The van der Waals surface area contributed by atoms with E-state index in [9.17, 15) is 0 Å². The molecule has 0 amide bonds. The van der Waals surface area contributed by atoms with Crippen LogP contribution in [0.25, 0.3) is 0 Å².